The van der Waals surface area contributed by atoms with E-state index < -0.39 is 5.97 Å². The molecular formula is C19H17N5O3. The molecule has 0 spiro atoms. The second-order valence-electron chi connectivity index (χ2n) is 5.78. The van der Waals surface area contributed by atoms with Crippen LogP contribution in [0.2, 0.25) is 0 Å². The lowest BCUT2D eigenvalue weighted by atomic mass is 9.98. The quantitative estimate of drug-likeness (QED) is 0.519. The zero-order valence-corrected chi connectivity index (χ0v) is 14.5. The Labute approximate surface area is 155 Å². The van der Waals surface area contributed by atoms with Crippen LogP contribution in [0.1, 0.15) is 37.7 Å². The van der Waals surface area contributed by atoms with Gasteiger partial charge in [0.1, 0.15) is 0 Å². The third-order valence-corrected chi connectivity index (χ3v) is 3.75. The molecule has 0 aliphatic rings. The van der Waals surface area contributed by atoms with E-state index in [9.17, 15) is 9.59 Å². The smallest absolute Gasteiger partial charge is 0.339 e. The Kier molecular flexibility index (Phi) is 5.07. The van der Waals surface area contributed by atoms with Crippen LogP contribution in [0.4, 0.5) is 11.9 Å². The summed E-state index contributed by atoms with van der Waals surface area (Å²) in [5, 5.41) is 0. The number of ether oxygens (including phenoxy) is 1. The van der Waals surface area contributed by atoms with Crippen molar-refractivity contribution in [3.63, 3.8) is 0 Å². The van der Waals surface area contributed by atoms with Crippen LogP contribution in [0.5, 0.6) is 0 Å². The standard InChI is InChI=1S/C19H17N5O3/c1-11-6-8-12(9-7-11)16(25)13-4-2-3-5-14(13)17(26)27-10-15-22-18(20)24-19(21)23-15/h2-9H,10H2,1H3,(H4,20,21,22,23,24). The summed E-state index contributed by atoms with van der Waals surface area (Å²) >= 11 is 0. The van der Waals surface area contributed by atoms with Crippen molar-refractivity contribution in [2.45, 2.75) is 13.5 Å². The number of nitrogens with two attached hydrogens (primary N) is 2. The molecule has 0 saturated carbocycles. The highest BCUT2D eigenvalue weighted by atomic mass is 16.5. The first-order valence-corrected chi connectivity index (χ1v) is 8.07. The lowest BCUT2D eigenvalue weighted by Gasteiger charge is -2.09. The van der Waals surface area contributed by atoms with E-state index in [1.165, 1.54) is 6.07 Å². The van der Waals surface area contributed by atoms with Crippen LogP contribution in [0.15, 0.2) is 48.5 Å². The van der Waals surface area contributed by atoms with Gasteiger partial charge in [-0.2, -0.15) is 15.0 Å². The van der Waals surface area contributed by atoms with E-state index in [2.05, 4.69) is 15.0 Å². The maximum Gasteiger partial charge on any atom is 0.339 e. The van der Waals surface area contributed by atoms with Gasteiger partial charge >= 0.3 is 5.97 Å². The van der Waals surface area contributed by atoms with Crippen molar-refractivity contribution in [3.8, 4) is 0 Å². The van der Waals surface area contributed by atoms with Gasteiger partial charge < -0.3 is 16.2 Å². The number of rotatable bonds is 5. The first-order chi connectivity index (χ1) is 12.9. The normalized spacial score (nSPS) is 10.4. The fraction of sp³-hybridized carbons (Fsp3) is 0.105. The van der Waals surface area contributed by atoms with E-state index in [0.29, 0.717) is 5.56 Å². The number of carbonyl (C=O) groups excluding carboxylic acids is 2. The molecule has 0 aliphatic heterocycles. The minimum atomic E-state index is -0.677. The van der Waals surface area contributed by atoms with Crippen LogP contribution >= 0.6 is 0 Å². The third kappa shape index (κ3) is 4.24. The molecule has 3 aromatic rings. The summed E-state index contributed by atoms with van der Waals surface area (Å²) in [6, 6.07) is 13.6. The average molecular weight is 363 g/mol. The van der Waals surface area contributed by atoms with Gasteiger partial charge in [0, 0.05) is 11.1 Å². The molecule has 0 fully saturated rings. The number of nitrogen functional groups attached to an aromatic ring is 2. The van der Waals surface area contributed by atoms with Gasteiger partial charge in [-0.1, -0.05) is 48.0 Å². The summed E-state index contributed by atoms with van der Waals surface area (Å²) in [6.07, 6.45) is 0. The van der Waals surface area contributed by atoms with E-state index in [1.54, 1.807) is 30.3 Å². The Morgan fingerprint density at radius 2 is 1.48 bits per heavy atom. The maximum absolute atomic E-state index is 12.8. The van der Waals surface area contributed by atoms with Crippen LogP contribution < -0.4 is 11.5 Å². The monoisotopic (exact) mass is 363 g/mol. The summed E-state index contributed by atoms with van der Waals surface area (Å²) < 4.78 is 5.21. The predicted molar refractivity (Wildman–Crippen MR) is 98.8 cm³/mol. The number of anilines is 2. The van der Waals surface area contributed by atoms with E-state index in [1.807, 2.05) is 19.1 Å². The van der Waals surface area contributed by atoms with Gasteiger partial charge in [-0.3, -0.25) is 4.79 Å². The molecule has 4 N–H and O–H groups in total. The number of hydrogen-bond donors (Lipinski definition) is 2. The van der Waals surface area contributed by atoms with Gasteiger partial charge in [-0.05, 0) is 13.0 Å². The molecular weight excluding hydrogens is 346 g/mol. The molecule has 0 saturated heterocycles. The zero-order chi connectivity index (χ0) is 19.4. The highest BCUT2D eigenvalue weighted by molar-refractivity contribution is 6.14. The Morgan fingerprint density at radius 1 is 0.889 bits per heavy atom. The molecule has 136 valence electrons. The maximum atomic E-state index is 12.8. The predicted octanol–water partition coefficient (Wildman–Crippen LogP) is 1.93. The number of ketones is 1. The summed E-state index contributed by atoms with van der Waals surface area (Å²) in [7, 11) is 0. The average Bonchev–Trinajstić information content (AvgIpc) is 2.65. The number of nitrogens with zero attached hydrogens (tertiary/aromatic N) is 3. The molecule has 0 bridgehead atoms. The lowest BCUT2D eigenvalue weighted by Crippen LogP contribution is -2.14. The van der Waals surface area contributed by atoms with Crippen LogP contribution in [0.25, 0.3) is 0 Å². The largest absolute Gasteiger partial charge is 0.454 e. The SMILES string of the molecule is Cc1ccc(C(=O)c2ccccc2C(=O)OCc2nc(N)nc(N)n2)cc1. The number of aromatic nitrogens is 3. The van der Waals surface area contributed by atoms with Crippen LogP contribution in [-0.4, -0.2) is 26.7 Å². The first-order valence-electron chi connectivity index (χ1n) is 8.07. The van der Waals surface area contributed by atoms with E-state index >= 15 is 0 Å². The molecule has 1 heterocycles. The molecule has 0 aliphatic carbocycles. The zero-order valence-electron chi connectivity index (χ0n) is 14.5. The van der Waals surface area contributed by atoms with Crippen LogP contribution in [-0.2, 0) is 11.3 Å². The van der Waals surface area contributed by atoms with Gasteiger partial charge in [0.05, 0.1) is 5.56 Å². The molecule has 2 aromatic carbocycles. The van der Waals surface area contributed by atoms with Crippen molar-refractivity contribution < 1.29 is 14.3 Å². The third-order valence-electron chi connectivity index (χ3n) is 3.75. The molecule has 0 amide bonds. The van der Waals surface area contributed by atoms with E-state index in [-0.39, 0.29) is 41.2 Å². The number of carbonyl (C=O) groups is 2. The highest BCUT2D eigenvalue weighted by Crippen LogP contribution is 2.17. The van der Waals surface area contributed by atoms with Crippen molar-refractivity contribution >= 4 is 23.6 Å². The Bertz CT molecular complexity index is 982. The molecule has 27 heavy (non-hydrogen) atoms. The van der Waals surface area contributed by atoms with Crippen molar-refractivity contribution in [2.24, 2.45) is 0 Å². The molecule has 0 radical (unpaired) electrons. The van der Waals surface area contributed by atoms with Gasteiger partial charge in [-0.25, -0.2) is 4.79 Å². The Morgan fingerprint density at radius 3 is 2.11 bits per heavy atom. The summed E-state index contributed by atoms with van der Waals surface area (Å²) in [5.41, 5.74) is 12.9. The summed E-state index contributed by atoms with van der Waals surface area (Å²) in [5.74, 6) is -0.956. The molecule has 0 atom stereocenters. The topological polar surface area (TPSA) is 134 Å². The van der Waals surface area contributed by atoms with Crippen LogP contribution in [0.3, 0.4) is 0 Å². The number of aryl methyl sites for hydroxylation is 1. The Balaban J connectivity index is 1.81. The van der Waals surface area contributed by atoms with E-state index in [4.69, 9.17) is 16.2 Å². The molecule has 0 unspecified atom stereocenters. The molecule has 1 aromatic heterocycles. The molecule has 8 heteroatoms. The number of hydrogen-bond acceptors (Lipinski definition) is 8. The number of benzene rings is 2. The van der Waals surface area contributed by atoms with Gasteiger partial charge in [0.15, 0.2) is 18.2 Å². The Hall–Kier alpha value is -3.81. The van der Waals surface area contributed by atoms with Crippen molar-refractivity contribution in [1.82, 2.24) is 15.0 Å². The second-order valence-corrected chi connectivity index (χ2v) is 5.78. The van der Waals surface area contributed by atoms with E-state index in [0.717, 1.165) is 5.56 Å². The van der Waals surface area contributed by atoms with Gasteiger partial charge in [0.25, 0.3) is 0 Å². The first kappa shape index (κ1) is 18.0. The molecule has 3 rings (SSSR count). The van der Waals surface area contributed by atoms with Crippen molar-refractivity contribution in [3.05, 3.63) is 76.6 Å². The minimum absolute atomic E-state index is 0.0662. The summed E-state index contributed by atoms with van der Waals surface area (Å²) in [4.78, 5) is 36.6. The fourth-order valence-electron chi connectivity index (χ4n) is 2.45. The molecule has 8 nitrogen and oxygen atoms in total. The highest BCUT2D eigenvalue weighted by Gasteiger charge is 2.19. The minimum Gasteiger partial charge on any atom is -0.454 e. The number of esters is 1. The summed E-state index contributed by atoms with van der Waals surface area (Å²) in [6.45, 7) is 1.68. The van der Waals surface area contributed by atoms with Crippen molar-refractivity contribution in [2.75, 3.05) is 11.5 Å². The lowest BCUT2D eigenvalue weighted by molar-refractivity contribution is 0.0459. The fourth-order valence-corrected chi connectivity index (χ4v) is 2.45. The van der Waals surface area contributed by atoms with Gasteiger partial charge in [-0.15, -0.1) is 0 Å². The van der Waals surface area contributed by atoms with Gasteiger partial charge in [0.2, 0.25) is 11.9 Å². The second kappa shape index (κ2) is 7.61. The van der Waals surface area contributed by atoms with Crippen molar-refractivity contribution in [1.29, 1.82) is 0 Å². The van der Waals surface area contributed by atoms with Crippen LogP contribution in [0, 0.1) is 6.92 Å².